The van der Waals surface area contributed by atoms with Crippen molar-refractivity contribution in [3.8, 4) is 0 Å². The number of hydrogen-bond acceptors (Lipinski definition) is 3. The number of carbonyl (C=O) groups is 1. The number of imidazole rings is 1. The predicted molar refractivity (Wildman–Crippen MR) is 55.8 cm³/mol. The molecule has 2 heterocycles. The molecule has 96 valence electrons. The lowest BCUT2D eigenvalue weighted by Gasteiger charge is -2.04. The molecule has 0 aliphatic heterocycles. The van der Waals surface area contributed by atoms with Crippen molar-refractivity contribution >= 4 is 17.4 Å². The number of alkyl halides is 3. The Balaban J connectivity index is 2.28. The summed E-state index contributed by atoms with van der Waals surface area (Å²) in [4.78, 5) is 14.5. The van der Waals surface area contributed by atoms with Gasteiger partial charge >= 0.3 is 12.1 Å². The number of amides is 1. The summed E-state index contributed by atoms with van der Waals surface area (Å²) in [6, 6.07) is 3.10. The molecule has 18 heavy (non-hydrogen) atoms. The summed E-state index contributed by atoms with van der Waals surface area (Å²) in [5.41, 5.74) is 0.943. The highest BCUT2D eigenvalue weighted by Gasteiger charge is 2.39. The summed E-state index contributed by atoms with van der Waals surface area (Å²) in [6.07, 6.45) is -2.21. The maximum absolute atomic E-state index is 12.0. The highest BCUT2D eigenvalue weighted by atomic mass is 19.4. The van der Waals surface area contributed by atoms with Gasteiger partial charge in [-0.3, -0.25) is 4.79 Å². The van der Waals surface area contributed by atoms with Crippen LogP contribution in [0.25, 0.3) is 5.65 Å². The van der Waals surface area contributed by atoms with Crippen LogP contribution in [-0.4, -0.2) is 26.6 Å². The smallest absolute Gasteiger partial charge is 0.392 e. The van der Waals surface area contributed by atoms with Gasteiger partial charge in [0.25, 0.3) is 0 Å². The SMILES string of the molecule is O=C(Nc1cn2cc(CO)ccc2n1)C(F)(F)F. The number of aliphatic hydroxyl groups is 1. The Kier molecular flexibility index (Phi) is 2.95. The maximum Gasteiger partial charge on any atom is 0.471 e. The number of pyridine rings is 1. The molecule has 0 saturated carbocycles. The average molecular weight is 259 g/mol. The fourth-order valence-electron chi connectivity index (χ4n) is 1.38. The Labute approximate surface area is 98.9 Å². The molecule has 0 spiro atoms. The molecule has 8 heteroatoms. The summed E-state index contributed by atoms with van der Waals surface area (Å²) in [5.74, 6) is -2.28. The molecule has 0 aliphatic rings. The van der Waals surface area contributed by atoms with Crippen LogP contribution in [0.3, 0.4) is 0 Å². The van der Waals surface area contributed by atoms with Gasteiger partial charge in [-0.15, -0.1) is 0 Å². The third-order valence-corrected chi connectivity index (χ3v) is 2.19. The van der Waals surface area contributed by atoms with Gasteiger partial charge in [0.2, 0.25) is 0 Å². The monoisotopic (exact) mass is 259 g/mol. The van der Waals surface area contributed by atoms with Gasteiger partial charge in [-0.25, -0.2) is 4.98 Å². The molecule has 0 bridgehead atoms. The van der Waals surface area contributed by atoms with Crippen molar-refractivity contribution in [1.29, 1.82) is 0 Å². The van der Waals surface area contributed by atoms with E-state index in [2.05, 4.69) is 4.98 Å². The van der Waals surface area contributed by atoms with Crippen LogP contribution in [0, 0.1) is 0 Å². The Bertz CT molecular complexity index is 592. The standard InChI is InChI=1S/C10H8F3N3O2/c11-10(12,13)9(18)15-7-4-16-3-6(5-17)1-2-8(16)14-7/h1-4,17H,5H2,(H,15,18). The minimum atomic E-state index is -4.95. The molecule has 1 amide bonds. The lowest BCUT2D eigenvalue weighted by molar-refractivity contribution is -0.167. The van der Waals surface area contributed by atoms with Crippen LogP contribution in [0.15, 0.2) is 24.5 Å². The van der Waals surface area contributed by atoms with Crippen molar-refractivity contribution in [3.63, 3.8) is 0 Å². The molecule has 0 atom stereocenters. The lowest BCUT2D eigenvalue weighted by atomic mass is 10.3. The quantitative estimate of drug-likeness (QED) is 0.855. The second kappa shape index (κ2) is 4.30. The molecule has 0 aliphatic carbocycles. The number of hydrogen-bond donors (Lipinski definition) is 2. The van der Waals surface area contributed by atoms with E-state index in [1.165, 1.54) is 22.9 Å². The van der Waals surface area contributed by atoms with E-state index >= 15 is 0 Å². The van der Waals surface area contributed by atoms with E-state index in [0.717, 1.165) is 0 Å². The van der Waals surface area contributed by atoms with Crippen LogP contribution in [-0.2, 0) is 11.4 Å². The molecule has 2 aromatic heterocycles. The van der Waals surface area contributed by atoms with Gasteiger partial charge in [0.1, 0.15) is 5.65 Å². The van der Waals surface area contributed by atoms with Crippen molar-refractivity contribution in [1.82, 2.24) is 9.38 Å². The Morgan fingerprint density at radius 2 is 2.11 bits per heavy atom. The molecular formula is C10H8F3N3O2. The summed E-state index contributed by atoms with van der Waals surface area (Å²) in [6.45, 7) is -0.196. The van der Waals surface area contributed by atoms with Gasteiger partial charge in [-0.2, -0.15) is 13.2 Å². The number of carbonyl (C=O) groups excluding carboxylic acids is 1. The van der Waals surface area contributed by atoms with E-state index in [1.807, 2.05) is 0 Å². The van der Waals surface area contributed by atoms with Gasteiger partial charge in [-0.1, -0.05) is 6.07 Å². The van der Waals surface area contributed by atoms with E-state index in [-0.39, 0.29) is 12.4 Å². The largest absolute Gasteiger partial charge is 0.471 e. The summed E-state index contributed by atoms with van der Waals surface area (Å²) >= 11 is 0. The first-order valence-electron chi connectivity index (χ1n) is 4.87. The number of nitrogens with zero attached hydrogens (tertiary/aromatic N) is 2. The third-order valence-electron chi connectivity index (χ3n) is 2.19. The summed E-state index contributed by atoms with van der Waals surface area (Å²) in [7, 11) is 0. The minimum Gasteiger partial charge on any atom is -0.392 e. The number of halogens is 3. The van der Waals surface area contributed by atoms with E-state index < -0.39 is 12.1 Å². The second-order valence-electron chi connectivity index (χ2n) is 3.54. The normalized spacial score (nSPS) is 11.8. The van der Waals surface area contributed by atoms with Crippen LogP contribution < -0.4 is 5.32 Å². The number of aromatic nitrogens is 2. The van der Waals surface area contributed by atoms with Crippen LogP contribution in [0.1, 0.15) is 5.56 Å². The molecule has 0 saturated heterocycles. The van der Waals surface area contributed by atoms with E-state index in [1.54, 1.807) is 11.4 Å². The topological polar surface area (TPSA) is 66.6 Å². The number of anilines is 1. The van der Waals surface area contributed by atoms with Crippen LogP contribution >= 0.6 is 0 Å². The van der Waals surface area contributed by atoms with Crippen molar-refractivity contribution in [2.45, 2.75) is 12.8 Å². The maximum atomic E-state index is 12.0. The van der Waals surface area contributed by atoms with E-state index in [0.29, 0.717) is 11.2 Å². The fourth-order valence-corrected chi connectivity index (χ4v) is 1.38. The molecule has 2 aromatic rings. The van der Waals surface area contributed by atoms with Crippen molar-refractivity contribution in [2.75, 3.05) is 5.32 Å². The zero-order valence-corrected chi connectivity index (χ0v) is 8.90. The van der Waals surface area contributed by atoms with Crippen molar-refractivity contribution < 1.29 is 23.1 Å². The molecule has 2 N–H and O–H groups in total. The number of fused-ring (bicyclic) bond motifs is 1. The molecular weight excluding hydrogens is 251 g/mol. The van der Waals surface area contributed by atoms with Gasteiger partial charge in [0.05, 0.1) is 12.8 Å². The number of rotatable bonds is 2. The highest BCUT2D eigenvalue weighted by molar-refractivity contribution is 5.94. The second-order valence-corrected chi connectivity index (χ2v) is 3.54. The molecule has 0 radical (unpaired) electrons. The lowest BCUT2D eigenvalue weighted by Crippen LogP contribution is -2.30. The summed E-state index contributed by atoms with van der Waals surface area (Å²) in [5, 5.41) is 10.6. The van der Waals surface area contributed by atoms with Gasteiger partial charge in [0, 0.05) is 6.20 Å². The zero-order valence-electron chi connectivity index (χ0n) is 8.90. The summed E-state index contributed by atoms with van der Waals surface area (Å²) < 4.78 is 37.5. The molecule has 0 unspecified atom stereocenters. The zero-order chi connectivity index (χ0) is 13.3. The van der Waals surface area contributed by atoms with Crippen molar-refractivity contribution in [3.05, 3.63) is 30.1 Å². The van der Waals surface area contributed by atoms with E-state index in [4.69, 9.17) is 5.11 Å². The number of nitrogens with one attached hydrogen (secondary N) is 1. The Morgan fingerprint density at radius 3 is 2.72 bits per heavy atom. The molecule has 0 aromatic carbocycles. The van der Waals surface area contributed by atoms with Gasteiger partial charge in [-0.05, 0) is 11.6 Å². The first-order valence-corrected chi connectivity index (χ1v) is 4.87. The Hall–Kier alpha value is -2.09. The van der Waals surface area contributed by atoms with Crippen LogP contribution in [0.2, 0.25) is 0 Å². The predicted octanol–water partition coefficient (Wildman–Crippen LogP) is 1.33. The fraction of sp³-hybridized carbons (Fsp3) is 0.200. The van der Waals surface area contributed by atoms with Crippen molar-refractivity contribution in [2.24, 2.45) is 0 Å². The first-order chi connectivity index (χ1) is 8.40. The van der Waals surface area contributed by atoms with Crippen LogP contribution in [0.5, 0.6) is 0 Å². The van der Waals surface area contributed by atoms with Gasteiger partial charge in [0.15, 0.2) is 5.82 Å². The first kappa shape index (κ1) is 12.4. The average Bonchev–Trinajstić information content (AvgIpc) is 2.68. The highest BCUT2D eigenvalue weighted by Crippen LogP contribution is 2.18. The molecule has 0 fully saturated rings. The Morgan fingerprint density at radius 1 is 1.39 bits per heavy atom. The molecule has 5 nitrogen and oxygen atoms in total. The van der Waals surface area contributed by atoms with Crippen LogP contribution in [0.4, 0.5) is 19.0 Å². The minimum absolute atomic E-state index is 0.196. The van der Waals surface area contributed by atoms with E-state index in [9.17, 15) is 18.0 Å². The number of aliphatic hydroxyl groups excluding tert-OH is 1. The molecule has 2 rings (SSSR count). The van der Waals surface area contributed by atoms with Gasteiger partial charge < -0.3 is 14.8 Å². The third kappa shape index (κ3) is 2.43.